The van der Waals surface area contributed by atoms with E-state index in [4.69, 9.17) is 16.3 Å². The minimum atomic E-state index is -3.67. The van der Waals surface area contributed by atoms with Gasteiger partial charge in [0.15, 0.2) is 0 Å². The Morgan fingerprint density at radius 3 is 2.68 bits per heavy atom. The third-order valence-electron chi connectivity index (χ3n) is 3.65. The van der Waals surface area contributed by atoms with Crippen LogP contribution in [-0.4, -0.2) is 49.3 Å². The molecule has 0 atom stereocenters. The Bertz CT molecular complexity index is 892. The molecule has 10 heteroatoms. The molecule has 1 aliphatic rings. The number of nitrogens with zero attached hydrogens (tertiary/aromatic N) is 2. The number of ether oxygens (including phenoxy) is 1. The molecule has 2 heterocycles. The van der Waals surface area contributed by atoms with Crippen molar-refractivity contribution in [3.63, 3.8) is 0 Å². The van der Waals surface area contributed by atoms with Gasteiger partial charge in [0.25, 0.3) is 5.91 Å². The van der Waals surface area contributed by atoms with E-state index in [1.165, 1.54) is 34.0 Å². The Labute approximate surface area is 154 Å². The summed E-state index contributed by atoms with van der Waals surface area (Å²) in [6.45, 7) is 3.16. The zero-order valence-electron chi connectivity index (χ0n) is 13.4. The fourth-order valence-corrected chi connectivity index (χ4v) is 4.50. The summed E-state index contributed by atoms with van der Waals surface area (Å²) < 4.78 is 36.0. The molecule has 1 saturated heterocycles. The van der Waals surface area contributed by atoms with E-state index in [2.05, 4.69) is 9.69 Å². The number of anilines is 1. The van der Waals surface area contributed by atoms with Gasteiger partial charge in [-0.2, -0.15) is 8.68 Å². The number of carbonyl (C=O) groups is 1. The number of nitrogens with one attached hydrogen (secondary N) is 1. The third kappa shape index (κ3) is 4.01. The Morgan fingerprint density at radius 1 is 1.32 bits per heavy atom. The van der Waals surface area contributed by atoms with Gasteiger partial charge in [-0.1, -0.05) is 11.6 Å². The fourth-order valence-electron chi connectivity index (χ4n) is 2.36. The lowest BCUT2D eigenvalue weighted by atomic mass is 10.3. The predicted molar refractivity (Wildman–Crippen MR) is 95.8 cm³/mol. The Hall–Kier alpha value is -1.52. The van der Waals surface area contributed by atoms with Crippen molar-refractivity contribution in [1.29, 1.82) is 0 Å². The standard InChI is InChI=1S/C15H16ClN3O4S2/c1-10-8-14(18-24-10)15(20)17-13-9-11(2-3-12(13)16)25(21,22)19-4-6-23-7-5-19/h2-3,8-9H,4-7H2,1H3,(H,17,20). The second kappa shape index (κ2) is 7.38. The second-order valence-corrected chi connectivity index (χ2v) is 8.79. The normalized spacial score (nSPS) is 15.9. The van der Waals surface area contributed by atoms with E-state index in [1.54, 1.807) is 6.07 Å². The molecule has 1 aromatic heterocycles. The highest BCUT2D eigenvalue weighted by Gasteiger charge is 2.27. The van der Waals surface area contributed by atoms with Gasteiger partial charge in [0, 0.05) is 18.0 Å². The van der Waals surface area contributed by atoms with Gasteiger partial charge in [-0.25, -0.2) is 8.42 Å². The summed E-state index contributed by atoms with van der Waals surface area (Å²) in [7, 11) is -3.67. The summed E-state index contributed by atoms with van der Waals surface area (Å²) in [5, 5.41) is 2.87. The Morgan fingerprint density at radius 2 is 2.04 bits per heavy atom. The van der Waals surface area contributed by atoms with Crippen LogP contribution < -0.4 is 5.32 Å². The molecule has 3 rings (SSSR count). The number of morpholine rings is 1. The molecule has 0 bridgehead atoms. The molecule has 0 radical (unpaired) electrons. The SMILES string of the molecule is Cc1cc(C(=O)Nc2cc(S(=O)(=O)N3CCOCC3)ccc2Cl)ns1. The lowest BCUT2D eigenvalue weighted by Gasteiger charge is -2.26. The van der Waals surface area contributed by atoms with Crippen molar-refractivity contribution in [1.82, 2.24) is 8.68 Å². The molecule has 25 heavy (non-hydrogen) atoms. The highest BCUT2D eigenvalue weighted by atomic mass is 35.5. The maximum atomic E-state index is 12.7. The summed E-state index contributed by atoms with van der Waals surface area (Å²) in [5.74, 6) is -0.438. The average Bonchev–Trinajstić information content (AvgIpc) is 3.04. The monoisotopic (exact) mass is 401 g/mol. The van der Waals surface area contributed by atoms with Gasteiger partial charge in [0.2, 0.25) is 10.0 Å². The molecule has 1 aliphatic heterocycles. The maximum Gasteiger partial charge on any atom is 0.275 e. The predicted octanol–water partition coefficient (Wildman–Crippen LogP) is 2.38. The van der Waals surface area contributed by atoms with Gasteiger partial charge < -0.3 is 10.1 Å². The van der Waals surface area contributed by atoms with E-state index in [0.717, 1.165) is 4.88 Å². The number of rotatable bonds is 4. The minimum Gasteiger partial charge on any atom is -0.379 e. The molecule has 1 amide bonds. The largest absolute Gasteiger partial charge is 0.379 e. The van der Waals surface area contributed by atoms with Crippen LogP contribution in [0.4, 0.5) is 5.69 Å². The van der Waals surface area contributed by atoms with Gasteiger partial charge in [0.05, 0.1) is 28.8 Å². The first-order valence-corrected chi connectivity index (χ1v) is 10.1. The summed E-state index contributed by atoms with van der Waals surface area (Å²) >= 11 is 7.32. The second-order valence-electron chi connectivity index (χ2n) is 5.44. The molecule has 1 aromatic carbocycles. The van der Waals surface area contributed by atoms with Crippen LogP contribution in [0.5, 0.6) is 0 Å². The molecule has 0 saturated carbocycles. The van der Waals surface area contributed by atoms with E-state index >= 15 is 0 Å². The Kier molecular flexibility index (Phi) is 5.40. The van der Waals surface area contributed by atoms with Crippen molar-refractivity contribution in [3.8, 4) is 0 Å². The first kappa shape index (κ1) is 18.3. The van der Waals surface area contributed by atoms with E-state index in [-0.39, 0.29) is 21.3 Å². The zero-order valence-corrected chi connectivity index (χ0v) is 15.7. The molecular formula is C15H16ClN3O4S2. The van der Waals surface area contributed by atoms with Crippen molar-refractivity contribution in [2.45, 2.75) is 11.8 Å². The third-order valence-corrected chi connectivity index (χ3v) is 6.57. The molecule has 1 N–H and O–H groups in total. The van der Waals surface area contributed by atoms with Crippen LogP contribution in [0.1, 0.15) is 15.4 Å². The van der Waals surface area contributed by atoms with Crippen molar-refractivity contribution in [2.24, 2.45) is 0 Å². The van der Waals surface area contributed by atoms with Gasteiger partial charge in [-0.05, 0) is 42.7 Å². The van der Waals surface area contributed by atoms with Gasteiger partial charge >= 0.3 is 0 Å². The van der Waals surface area contributed by atoms with Crippen LogP contribution in [-0.2, 0) is 14.8 Å². The van der Waals surface area contributed by atoms with Crippen molar-refractivity contribution < 1.29 is 17.9 Å². The lowest BCUT2D eigenvalue weighted by molar-refractivity contribution is 0.0730. The number of amides is 1. The fraction of sp³-hybridized carbons (Fsp3) is 0.333. The first-order chi connectivity index (χ1) is 11.9. The zero-order chi connectivity index (χ0) is 18.0. The number of sulfonamides is 1. The molecule has 2 aromatic rings. The first-order valence-electron chi connectivity index (χ1n) is 7.50. The maximum absolute atomic E-state index is 12.7. The van der Waals surface area contributed by atoms with Gasteiger partial charge in [0.1, 0.15) is 5.69 Å². The van der Waals surface area contributed by atoms with E-state index in [9.17, 15) is 13.2 Å². The Balaban J connectivity index is 1.86. The van der Waals surface area contributed by atoms with Crippen LogP contribution >= 0.6 is 23.1 Å². The van der Waals surface area contributed by atoms with Crippen molar-refractivity contribution in [2.75, 3.05) is 31.6 Å². The number of benzene rings is 1. The molecule has 1 fully saturated rings. The number of carbonyl (C=O) groups excluding carboxylic acids is 1. The molecular weight excluding hydrogens is 386 g/mol. The van der Waals surface area contributed by atoms with Crippen LogP contribution in [0.2, 0.25) is 5.02 Å². The molecule has 0 aliphatic carbocycles. The topological polar surface area (TPSA) is 88.6 Å². The van der Waals surface area contributed by atoms with Crippen LogP contribution in [0.15, 0.2) is 29.2 Å². The summed E-state index contributed by atoms with van der Waals surface area (Å²) in [4.78, 5) is 13.2. The van der Waals surface area contributed by atoms with Crippen LogP contribution in [0.25, 0.3) is 0 Å². The van der Waals surface area contributed by atoms with Gasteiger partial charge in [-0.15, -0.1) is 0 Å². The van der Waals surface area contributed by atoms with Crippen molar-refractivity contribution in [3.05, 3.63) is 39.9 Å². The number of hydrogen-bond acceptors (Lipinski definition) is 6. The summed E-state index contributed by atoms with van der Waals surface area (Å²) in [6, 6.07) is 5.90. The van der Waals surface area contributed by atoms with Crippen LogP contribution in [0.3, 0.4) is 0 Å². The minimum absolute atomic E-state index is 0.0727. The summed E-state index contributed by atoms with van der Waals surface area (Å²) in [6.07, 6.45) is 0. The number of hydrogen-bond donors (Lipinski definition) is 1. The highest BCUT2D eigenvalue weighted by molar-refractivity contribution is 7.89. The van der Waals surface area contributed by atoms with E-state index in [0.29, 0.717) is 26.3 Å². The van der Waals surface area contributed by atoms with E-state index < -0.39 is 15.9 Å². The van der Waals surface area contributed by atoms with Gasteiger partial charge in [-0.3, -0.25) is 4.79 Å². The number of aromatic nitrogens is 1. The molecule has 0 unspecified atom stereocenters. The molecule has 0 spiro atoms. The smallest absolute Gasteiger partial charge is 0.275 e. The quantitative estimate of drug-likeness (QED) is 0.849. The average molecular weight is 402 g/mol. The number of aryl methyl sites for hydroxylation is 1. The van der Waals surface area contributed by atoms with E-state index in [1.807, 2.05) is 6.92 Å². The van der Waals surface area contributed by atoms with Crippen LogP contribution in [0, 0.1) is 6.92 Å². The molecule has 7 nitrogen and oxygen atoms in total. The highest BCUT2D eigenvalue weighted by Crippen LogP contribution is 2.28. The number of halogens is 1. The summed E-state index contributed by atoms with van der Waals surface area (Å²) in [5.41, 5.74) is 0.492. The lowest BCUT2D eigenvalue weighted by Crippen LogP contribution is -2.40. The van der Waals surface area contributed by atoms with Crippen molar-refractivity contribution >= 4 is 44.8 Å². The molecule has 134 valence electrons.